The molecule has 2 amide bonds. The Bertz CT molecular complexity index is 858. The summed E-state index contributed by atoms with van der Waals surface area (Å²) in [7, 11) is 0. The third kappa shape index (κ3) is 3.62. The molecule has 27 heavy (non-hydrogen) atoms. The van der Waals surface area contributed by atoms with Gasteiger partial charge in [0.2, 0.25) is 5.91 Å². The standard InChI is InChI=1S/C20H21ClN4O2/c21-15-11-17-19(23-12-15)24-10-4-7-16(24)20(27)25(17)13-18(26)22-9-8-14-5-2-1-3-6-14/h1-3,5-6,11-12,16H,4,7-10,13H2,(H,22,26)/p+1. The van der Waals surface area contributed by atoms with E-state index in [4.69, 9.17) is 11.6 Å². The zero-order valence-corrected chi connectivity index (χ0v) is 15.7. The molecule has 2 aliphatic rings. The molecule has 7 heteroatoms. The van der Waals surface area contributed by atoms with Crippen LogP contribution in [0.4, 0.5) is 11.5 Å². The monoisotopic (exact) mass is 385 g/mol. The molecule has 1 aromatic heterocycles. The van der Waals surface area contributed by atoms with Crippen molar-refractivity contribution in [2.75, 3.05) is 29.4 Å². The fourth-order valence-corrected chi connectivity index (χ4v) is 3.99. The van der Waals surface area contributed by atoms with Crippen molar-refractivity contribution >= 4 is 34.9 Å². The molecule has 0 spiro atoms. The lowest BCUT2D eigenvalue weighted by Crippen LogP contribution is -2.54. The van der Waals surface area contributed by atoms with Crippen molar-refractivity contribution in [1.29, 1.82) is 0 Å². The Balaban J connectivity index is 1.46. The second kappa shape index (κ2) is 7.56. The highest BCUT2D eigenvalue weighted by molar-refractivity contribution is 6.30. The Labute approximate surface area is 163 Å². The predicted molar refractivity (Wildman–Crippen MR) is 104 cm³/mol. The molecule has 1 unspecified atom stereocenters. The van der Waals surface area contributed by atoms with Crippen molar-refractivity contribution in [3.05, 3.63) is 53.2 Å². The topological polar surface area (TPSA) is 66.8 Å². The second-order valence-corrected chi connectivity index (χ2v) is 7.35. The minimum absolute atomic E-state index is 0.000848. The highest BCUT2D eigenvalue weighted by Gasteiger charge is 2.47. The van der Waals surface area contributed by atoms with E-state index < -0.39 is 0 Å². The highest BCUT2D eigenvalue weighted by Crippen LogP contribution is 2.37. The largest absolute Gasteiger partial charge is 0.354 e. The Kier molecular flexibility index (Phi) is 4.99. The van der Waals surface area contributed by atoms with E-state index in [9.17, 15) is 9.59 Å². The van der Waals surface area contributed by atoms with Crippen LogP contribution in [0.5, 0.6) is 0 Å². The number of H-pyrrole nitrogens is 1. The van der Waals surface area contributed by atoms with Gasteiger partial charge in [-0.25, -0.2) is 9.88 Å². The van der Waals surface area contributed by atoms with Crippen LogP contribution < -0.4 is 20.1 Å². The number of amides is 2. The minimum Gasteiger partial charge on any atom is -0.354 e. The zero-order valence-electron chi connectivity index (χ0n) is 15.0. The van der Waals surface area contributed by atoms with E-state index in [0.29, 0.717) is 17.3 Å². The lowest BCUT2D eigenvalue weighted by molar-refractivity contribution is -0.363. The molecule has 1 fully saturated rings. The number of aromatic nitrogens is 1. The van der Waals surface area contributed by atoms with Crippen LogP contribution in [0.3, 0.4) is 0 Å². The zero-order chi connectivity index (χ0) is 18.8. The number of anilines is 2. The molecule has 1 atom stereocenters. The van der Waals surface area contributed by atoms with Crippen LogP contribution in [-0.4, -0.2) is 37.5 Å². The van der Waals surface area contributed by atoms with Crippen LogP contribution in [-0.2, 0) is 16.0 Å². The van der Waals surface area contributed by atoms with Crippen molar-refractivity contribution in [2.45, 2.75) is 25.3 Å². The Hall–Kier alpha value is -2.60. The molecule has 0 aliphatic carbocycles. The maximum atomic E-state index is 13.0. The SMILES string of the molecule is O=C(CN1C(=O)C2CCCN2c2[nH+]cc(Cl)cc21)NCCc1ccccc1. The molecule has 140 valence electrons. The molecule has 0 saturated carbocycles. The molecular formula is C20H22ClN4O2+. The number of benzene rings is 1. The average molecular weight is 386 g/mol. The van der Waals surface area contributed by atoms with Gasteiger partial charge in [0.1, 0.15) is 18.4 Å². The molecule has 0 bridgehead atoms. The van der Waals surface area contributed by atoms with Gasteiger partial charge in [-0.3, -0.25) is 14.5 Å². The molecule has 2 N–H and O–H groups in total. The van der Waals surface area contributed by atoms with Crippen molar-refractivity contribution in [2.24, 2.45) is 0 Å². The van der Waals surface area contributed by atoms with Crippen molar-refractivity contribution in [3.8, 4) is 0 Å². The molecule has 2 aliphatic heterocycles. The first kappa shape index (κ1) is 17.8. The van der Waals surface area contributed by atoms with Gasteiger partial charge in [0, 0.05) is 13.0 Å². The number of hydrogen-bond donors (Lipinski definition) is 1. The summed E-state index contributed by atoms with van der Waals surface area (Å²) in [5.41, 5.74) is 1.84. The predicted octanol–water partition coefficient (Wildman–Crippen LogP) is 1.83. The molecule has 6 nitrogen and oxygen atoms in total. The molecule has 4 rings (SSSR count). The van der Waals surface area contributed by atoms with Crippen LogP contribution in [0.2, 0.25) is 5.02 Å². The van der Waals surface area contributed by atoms with Crippen LogP contribution in [0.1, 0.15) is 18.4 Å². The van der Waals surface area contributed by atoms with E-state index in [1.807, 2.05) is 30.3 Å². The van der Waals surface area contributed by atoms with Crippen LogP contribution >= 0.6 is 11.6 Å². The first-order chi connectivity index (χ1) is 13.1. The third-order valence-electron chi connectivity index (χ3n) is 5.13. The number of carbonyl (C=O) groups is 2. The molecule has 1 saturated heterocycles. The molecular weight excluding hydrogens is 364 g/mol. The van der Waals surface area contributed by atoms with E-state index in [1.54, 1.807) is 17.2 Å². The fourth-order valence-electron chi connectivity index (χ4n) is 3.83. The number of fused-ring (bicyclic) bond motifs is 3. The number of aromatic amines is 1. The van der Waals surface area contributed by atoms with Gasteiger partial charge in [-0.2, -0.15) is 0 Å². The first-order valence-electron chi connectivity index (χ1n) is 9.23. The molecule has 0 radical (unpaired) electrons. The van der Waals surface area contributed by atoms with Gasteiger partial charge in [-0.05, 0) is 24.5 Å². The smallest absolute Gasteiger partial charge is 0.299 e. The maximum Gasteiger partial charge on any atom is 0.299 e. The van der Waals surface area contributed by atoms with Gasteiger partial charge in [-0.15, -0.1) is 0 Å². The van der Waals surface area contributed by atoms with Crippen LogP contribution in [0.25, 0.3) is 0 Å². The van der Waals surface area contributed by atoms with Crippen molar-refractivity contribution in [1.82, 2.24) is 5.32 Å². The van der Waals surface area contributed by atoms with Gasteiger partial charge in [0.15, 0.2) is 6.04 Å². The summed E-state index contributed by atoms with van der Waals surface area (Å²) in [6.07, 6.45) is 4.24. The third-order valence-corrected chi connectivity index (χ3v) is 5.34. The average Bonchev–Trinajstić information content (AvgIpc) is 3.16. The highest BCUT2D eigenvalue weighted by atomic mass is 35.5. The summed E-state index contributed by atoms with van der Waals surface area (Å²) in [5, 5.41) is 3.42. The summed E-state index contributed by atoms with van der Waals surface area (Å²) in [6.45, 7) is 1.37. The Morgan fingerprint density at radius 3 is 2.93 bits per heavy atom. The van der Waals surface area contributed by atoms with Gasteiger partial charge in [0.05, 0.1) is 11.6 Å². The number of hydrogen-bond acceptors (Lipinski definition) is 3. The quantitative estimate of drug-likeness (QED) is 0.853. The van der Waals surface area contributed by atoms with Gasteiger partial charge < -0.3 is 5.32 Å². The van der Waals surface area contributed by atoms with E-state index in [-0.39, 0.29) is 24.4 Å². The summed E-state index contributed by atoms with van der Waals surface area (Å²) in [6, 6.07) is 11.5. The fraction of sp³-hybridized carbons (Fsp3) is 0.350. The minimum atomic E-state index is -0.202. The number of pyridine rings is 1. The number of carbonyl (C=O) groups excluding carboxylic acids is 2. The summed E-state index contributed by atoms with van der Waals surface area (Å²) in [5.74, 6) is 0.657. The number of nitrogens with zero attached hydrogens (tertiary/aromatic N) is 2. The summed E-state index contributed by atoms with van der Waals surface area (Å²) < 4.78 is 0. The summed E-state index contributed by atoms with van der Waals surface area (Å²) in [4.78, 5) is 32.3. The lowest BCUT2D eigenvalue weighted by Gasteiger charge is -2.33. The van der Waals surface area contributed by atoms with E-state index in [2.05, 4.69) is 15.2 Å². The van der Waals surface area contributed by atoms with E-state index >= 15 is 0 Å². The number of rotatable bonds is 5. The number of halogens is 1. The second-order valence-electron chi connectivity index (χ2n) is 6.91. The van der Waals surface area contributed by atoms with Crippen LogP contribution in [0, 0.1) is 0 Å². The van der Waals surface area contributed by atoms with Gasteiger partial charge >= 0.3 is 0 Å². The normalized spacial score (nSPS) is 18.3. The summed E-state index contributed by atoms with van der Waals surface area (Å²) >= 11 is 6.13. The number of nitrogens with one attached hydrogen (secondary N) is 2. The van der Waals surface area contributed by atoms with E-state index in [1.165, 1.54) is 5.56 Å². The van der Waals surface area contributed by atoms with Crippen LogP contribution in [0.15, 0.2) is 42.6 Å². The molecule has 2 aromatic rings. The maximum absolute atomic E-state index is 13.0. The molecule has 3 heterocycles. The van der Waals surface area contributed by atoms with E-state index in [0.717, 1.165) is 31.6 Å². The Morgan fingerprint density at radius 2 is 2.11 bits per heavy atom. The molecule has 1 aromatic carbocycles. The van der Waals surface area contributed by atoms with Crippen molar-refractivity contribution in [3.63, 3.8) is 0 Å². The van der Waals surface area contributed by atoms with Crippen molar-refractivity contribution < 1.29 is 14.6 Å². The van der Waals surface area contributed by atoms with Gasteiger partial charge in [0.25, 0.3) is 11.7 Å². The lowest BCUT2D eigenvalue weighted by atomic mass is 10.1. The van der Waals surface area contributed by atoms with Gasteiger partial charge in [-0.1, -0.05) is 41.9 Å². The Morgan fingerprint density at radius 1 is 1.30 bits per heavy atom. The first-order valence-corrected chi connectivity index (χ1v) is 9.61.